The number of hydrogen-bond donors (Lipinski definition) is 2. The first-order valence-corrected chi connectivity index (χ1v) is 17.5. The van der Waals surface area contributed by atoms with Crippen LogP contribution < -0.4 is 21.5 Å². The molecule has 1 amide bonds. The smallest absolute Gasteiger partial charge is 0.329 e. The van der Waals surface area contributed by atoms with Crippen molar-refractivity contribution in [2.45, 2.75) is 72.0 Å². The molecule has 0 bridgehead atoms. The minimum Gasteiger partial charge on any atom is -0.381 e. The summed E-state index contributed by atoms with van der Waals surface area (Å²) in [6.45, 7) is 13.2. The predicted octanol–water partition coefficient (Wildman–Crippen LogP) is 4.82. The molecule has 3 fully saturated rings. The minimum atomic E-state index is -0.221. The lowest BCUT2D eigenvalue weighted by molar-refractivity contribution is 0.0846. The van der Waals surface area contributed by atoms with Gasteiger partial charge in [0.25, 0.3) is 11.5 Å². The Bertz CT molecular complexity index is 1970. The molecule has 0 atom stereocenters. The largest absolute Gasteiger partial charge is 0.381 e. The van der Waals surface area contributed by atoms with Crippen LogP contribution in [0.2, 0.25) is 0 Å². The highest BCUT2D eigenvalue weighted by Crippen LogP contribution is 2.37. The quantitative estimate of drug-likeness (QED) is 0.255. The summed E-state index contributed by atoms with van der Waals surface area (Å²) in [5.41, 5.74) is 8.25. The third-order valence-corrected chi connectivity index (χ3v) is 10.8. The summed E-state index contributed by atoms with van der Waals surface area (Å²) in [6.07, 6.45) is 4.50. The number of carbonyl (C=O) groups excluding carboxylic acids is 1. The Labute approximate surface area is 281 Å². The van der Waals surface area contributed by atoms with E-state index in [9.17, 15) is 14.4 Å². The van der Waals surface area contributed by atoms with Crippen LogP contribution in [0.25, 0.3) is 22.2 Å². The number of nitrogens with one attached hydrogen (secondary N) is 2. The van der Waals surface area contributed by atoms with Gasteiger partial charge in [-0.15, -0.1) is 0 Å². The lowest BCUT2D eigenvalue weighted by Crippen LogP contribution is -2.50. The van der Waals surface area contributed by atoms with Gasteiger partial charge in [0, 0.05) is 81.5 Å². The molecule has 2 aromatic heterocycles. The van der Waals surface area contributed by atoms with Crippen molar-refractivity contribution < 1.29 is 9.53 Å². The minimum absolute atomic E-state index is 0.0148. The number of carbonyl (C=O) groups is 1. The standard InChI is InChI=1S/C38H48N6O4/c1-6-43(29-11-13-48-14-12-29)34-18-28(16-31(25(34)4)36(45)39-19-32-23(2)15-24(3)40-37(32)46)27-9-10-33-35(17-27)44(38(47)41(33)5)30-21-42(22-30)20-26-7-8-26/h9-10,15-18,26,29-30H,6-8,11-14,19-22H2,1-5H3,(H,39,45)(H,40,46). The molecule has 1 aliphatic carbocycles. The zero-order valence-electron chi connectivity index (χ0n) is 28.9. The number of H-pyrrole nitrogens is 1. The number of amides is 1. The van der Waals surface area contributed by atoms with E-state index in [2.05, 4.69) is 45.2 Å². The normalized spacial score (nSPS) is 17.5. The fourth-order valence-corrected chi connectivity index (χ4v) is 7.81. The zero-order chi connectivity index (χ0) is 33.7. The number of pyridine rings is 1. The van der Waals surface area contributed by atoms with Gasteiger partial charge in [0.1, 0.15) is 0 Å². The number of aryl methyl sites for hydroxylation is 3. The first kappa shape index (κ1) is 32.4. The summed E-state index contributed by atoms with van der Waals surface area (Å²) in [7, 11) is 1.85. The van der Waals surface area contributed by atoms with Crippen molar-refractivity contribution >= 4 is 22.6 Å². The molecule has 48 heavy (non-hydrogen) atoms. The number of rotatable bonds is 10. The molecule has 0 unspecified atom stereocenters. The predicted molar refractivity (Wildman–Crippen MR) is 190 cm³/mol. The van der Waals surface area contributed by atoms with Crippen molar-refractivity contribution in [1.82, 2.24) is 24.3 Å². The topological polar surface area (TPSA) is 105 Å². The number of nitrogens with zero attached hydrogens (tertiary/aromatic N) is 4. The molecular formula is C38H48N6O4. The summed E-state index contributed by atoms with van der Waals surface area (Å²) in [6, 6.07) is 12.8. The maximum absolute atomic E-state index is 14.0. The molecule has 2 aromatic carbocycles. The second-order valence-electron chi connectivity index (χ2n) is 14.2. The number of anilines is 1. The lowest BCUT2D eigenvalue weighted by atomic mass is 9.95. The molecule has 2 N–H and O–H groups in total. The van der Waals surface area contributed by atoms with Gasteiger partial charge in [-0.25, -0.2) is 4.79 Å². The van der Waals surface area contributed by atoms with Crippen molar-refractivity contribution in [2.24, 2.45) is 13.0 Å². The summed E-state index contributed by atoms with van der Waals surface area (Å²) in [5, 5.41) is 3.05. The van der Waals surface area contributed by atoms with E-state index >= 15 is 0 Å². The van der Waals surface area contributed by atoms with Crippen molar-refractivity contribution in [3.05, 3.63) is 85.2 Å². The number of fused-ring (bicyclic) bond motifs is 1. The van der Waals surface area contributed by atoms with Crippen LogP contribution in [-0.2, 0) is 18.3 Å². The summed E-state index contributed by atoms with van der Waals surface area (Å²) >= 11 is 0. The van der Waals surface area contributed by atoms with E-state index in [-0.39, 0.29) is 29.7 Å². The lowest BCUT2D eigenvalue weighted by Gasteiger charge is -2.40. The van der Waals surface area contributed by atoms with Crippen LogP contribution in [0.4, 0.5) is 5.69 Å². The van der Waals surface area contributed by atoms with Crippen LogP contribution in [0.15, 0.2) is 46.0 Å². The molecule has 10 heteroatoms. The Morgan fingerprint density at radius 1 is 0.979 bits per heavy atom. The van der Waals surface area contributed by atoms with Gasteiger partial charge in [-0.05, 0) is 112 Å². The Hall–Kier alpha value is -4.15. The van der Waals surface area contributed by atoms with Crippen LogP contribution in [0, 0.1) is 26.7 Å². The first-order valence-electron chi connectivity index (χ1n) is 17.5. The third-order valence-electron chi connectivity index (χ3n) is 10.8. The maximum Gasteiger partial charge on any atom is 0.329 e. The molecule has 254 valence electrons. The van der Waals surface area contributed by atoms with E-state index in [1.165, 1.54) is 12.8 Å². The fraction of sp³-hybridized carbons (Fsp3) is 0.500. The van der Waals surface area contributed by atoms with Crippen molar-refractivity contribution in [2.75, 3.05) is 44.3 Å². The number of benzene rings is 2. The highest BCUT2D eigenvalue weighted by molar-refractivity contribution is 5.99. The molecule has 0 spiro atoms. The van der Waals surface area contributed by atoms with Gasteiger partial charge in [0.15, 0.2) is 0 Å². The highest BCUT2D eigenvalue weighted by atomic mass is 16.5. The molecule has 4 heterocycles. The number of hydrogen-bond acceptors (Lipinski definition) is 6. The number of imidazole rings is 1. The Kier molecular flexibility index (Phi) is 8.81. The Morgan fingerprint density at radius 2 is 1.73 bits per heavy atom. The molecule has 0 radical (unpaired) electrons. The third kappa shape index (κ3) is 6.12. The molecular weight excluding hydrogens is 604 g/mol. The van der Waals surface area contributed by atoms with Crippen LogP contribution in [0.5, 0.6) is 0 Å². The van der Waals surface area contributed by atoms with Gasteiger partial charge < -0.3 is 19.9 Å². The zero-order valence-corrected chi connectivity index (χ0v) is 28.9. The van der Waals surface area contributed by atoms with Gasteiger partial charge in [-0.2, -0.15) is 0 Å². The second-order valence-corrected chi connectivity index (χ2v) is 14.2. The molecule has 2 aliphatic heterocycles. The van der Waals surface area contributed by atoms with Crippen molar-refractivity contribution in [3.8, 4) is 11.1 Å². The number of aromatic nitrogens is 3. The van der Waals surface area contributed by atoms with Gasteiger partial charge in [-0.3, -0.25) is 23.6 Å². The molecule has 7 rings (SSSR count). The monoisotopic (exact) mass is 652 g/mol. The maximum atomic E-state index is 14.0. The number of aromatic amines is 1. The number of ether oxygens (including phenoxy) is 1. The molecule has 4 aromatic rings. The van der Waals surface area contributed by atoms with Crippen LogP contribution in [-0.4, -0.2) is 70.4 Å². The summed E-state index contributed by atoms with van der Waals surface area (Å²) < 4.78 is 9.42. The van der Waals surface area contributed by atoms with Crippen LogP contribution in [0.3, 0.4) is 0 Å². The molecule has 1 saturated carbocycles. The van der Waals surface area contributed by atoms with Crippen molar-refractivity contribution in [1.29, 1.82) is 0 Å². The van der Waals surface area contributed by atoms with Crippen molar-refractivity contribution in [3.63, 3.8) is 0 Å². The molecule has 10 nitrogen and oxygen atoms in total. The SMILES string of the molecule is CCN(c1cc(-c2ccc3c(c2)n(C2CN(CC4CC4)C2)c(=O)n3C)cc(C(=O)NCc2c(C)cc(C)[nH]c2=O)c1C)C1CCOCC1. The van der Waals surface area contributed by atoms with E-state index in [4.69, 9.17) is 4.74 Å². The van der Waals surface area contributed by atoms with Gasteiger partial charge >= 0.3 is 5.69 Å². The van der Waals surface area contributed by atoms with E-state index < -0.39 is 0 Å². The molecule has 3 aliphatic rings. The van der Waals surface area contributed by atoms with E-state index in [1.807, 2.05) is 50.6 Å². The Morgan fingerprint density at radius 3 is 2.42 bits per heavy atom. The van der Waals surface area contributed by atoms with E-state index in [0.29, 0.717) is 17.2 Å². The molecule has 2 saturated heterocycles. The van der Waals surface area contributed by atoms with Gasteiger partial charge in [-0.1, -0.05) is 6.07 Å². The summed E-state index contributed by atoms with van der Waals surface area (Å²) in [4.78, 5) is 48.0. The van der Waals surface area contributed by atoms with E-state index in [1.54, 1.807) is 4.57 Å². The average molecular weight is 653 g/mol. The highest BCUT2D eigenvalue weighted by Gasteiger charge is 2.35. The second kappa shape index (κ2) is 13.0. The van der Waals surface area contributed by atoms with E-state index in [0.717, 1.165) is 103 Å². The van der Waals surface area contributed by atoms with Gasteiger partial charge in [0.05, 0.1) is 17.1 Å². The van der Waals surface area contributed by atoms with Crippen LogP contribution in [0.1, 0.15) is 71.4 Å². The fourth-order valence-electron chi connectivity index (χ4n) is 7.81. The van der Waals surface area contributed by atoms with Crippen LogP contribution >= 0.6 is 0 Å². The van der Waals surface area contributed by atoms with Gasteiger partial charge in [0.2, 0.25) is 0 Å². The Balaban J connectivity index is 1.27. The first-order chi connectivity index (χ1) is 23.1. The average Bonchev–Trinajstić information content (AvgIpc) is 3.84. The number of likely N-dealkylation sites (tertiary alicyclic amines) is 1. The summed E-state index contributed by atoms with van der Waals surface area (Å²) in [5.74, 6) is 0.607.